The Morgan fingerprint density at radius 3 is 2.29 bits per heavy atom. The molecule has 1 aromatic heterocycles. The van der Waals surface area contributed by atoms with E-state index in [1.165, 1.54) is 31.9 Å². The van der Waals surface area contributed by atoms with E-state index in [-0.39, 0.29) is 6.10 Å². The highest BCUT2D eigenvalue weighted by molar-refractivity contribution is 5.70. The van der Waals surface area contributed by atoms with Gasteiger partial charge in [-0.15, -0.1) is 0 Å². The Morgan fingerprint density at radius 2 is 1.71 bits per heavy atom. The number of carbonyl (C=O) groups is 1. The fourth-order valence-electron chi connectivity index (χ4n) is 3.87. The van der Waals surface area contributed by atoms with Crippen molar-refractivity contribution in [1.29, 1.82) is 0 Å². The number of nitrogens with zero attached hydrogens (tertiary/aromatic N) is 1. The first-order valence-corrected chi connectivity index (χ1v) is 13.7. The molecular formula is C32H42FNO4. The maximum absolute atomic E-state index is 14.2. The molecule has 1 aliphatic carbocycles. The summed E-state index contributed by atoms with van der Waals surface area (Å²) in [6, 6.07) is 15.3. The van der Waals surface area contributed by atoms with Crippen molar-refractivity contribution in [3.8, 4) is 17.0 Å². The van der Waals surface area contributed by atoms with Crippen molar-refractivity contribution in [2.75, 3.05) is 7.11 Å². The average molecular weight is 524 g/mol. The minimum atomic E-state index is -0.790. The SMILES string of the molecule is C1CC1.CC.CC.COc1cc(-c2ccc(C3Cc4cc(CC(C)C(=O)O)ccc4CO3)cc2)c(F)cn1. The Bertz CT molecular complexity index is 1140. The van der Waals surface area contributed by atoms with Gasteiger partial charge in [0, 0.05) is 18.1 Å². The Labute approximate surface area is 227 Å². The number of hydrogen-bond donors (Lipinski definition) is 1. The summed E-state index contributed by atoms with van der Waals surface area (Å²) in [5, 5.41) is 9.17. The third kappa shape index (κ3) is 8.95. The number of aliphatic carboxylic acids is 1. The number of pyridine rings is 1. The van der Waals surface area contributed by atoms with Gasteiger partial charge in [-0.05, 0) is 34.2 Å². The van der Waals surface area contributed by atoms with Gasteiger partial charge in [0.15, 0.2) is 0 Å². The fourth-order valence-corrected chi connectivity index (χ4v) is 3.87. The van der Waals surface area contributed by atoms with Crippen LogP contribution >= 0.6 is 0 Å². The molecule has 2 heterocycles. The number of ether oxygens (including phenoxy) is 2. The van der Waals surface area contributed by atoms with Gasteiger partial charge in [-0.25, -0.2) is 9.37 Å². The van der Waals surface area contributed by atoms with E-state index in [4.69, 9.17) is 14.6 Å². The smallest absolute Gasteiger partial charge is 0.306 e. The normalized spacial score (nSPS) is 15.6. The molecule has 1 saturated carbocycles. The Balaban J connectivity index is 0.000000650. The van der Waals surface area contributed by atoms with E-state index in [1.807, 2.05) is 64.1 Å². The second kappa shape index (κ2) is 15.9. The van der Waals surface area contributed by atoms with Crippen LogP contribution in [0.5, 0.6) is 5.88 Å². The molecule has 206 valence electrons. The molecule has 0 bridgehead atoms. The zero-order chi connectivity index (χ0) is 28.1. The monoisotopic (exact) mass is 523 g/mol. The molecule has 6 heteroatoms. The van der Waals surface area contributed by atoms with E-state index in [1.54, 1.807) is 13.0 Å². The molecule has 1 N–H and O–H groups in total. The van der Waals surface area contributed by atoms with Crippen LogP contribution in [0.3, 0.4) is 0 Å². The van der Waals surface area contributed by atoms with Crippen molar-refractivity contribution < 1.29 is 23.8 Å². The lowest BCUT2D eigenvalue weighted by atomic mass is 9.91. The summed E-state index contributed by atoms with van der Waals surface area (Å²) in [7, 11) is 1.50. The number of fused-ring (bicyclic) bond motifs is 1. The molecular weight excluding hydrogens is 481 g/mol. The first-order chi connectivity index (χ1) is 18.4. The molecule has 2 unspecified atom stereocenters. The summed E-state index contributed by atoms with van der Waals surface area (Å²) in [6.45, 7) is 10.2. The Hall–Kier alpha value is -3.25. The molecule has 0 amide bonds. The van der Waals surface area contributed by atoms with E-state index in [0.717, 1.165) is 28.5 Å². The number of aromatic nitrogens is 1. The Kier molecular flexibility index (Phi) is 12.9. The number of hydrogen-bond acceptors (Lipinski definition) is 4. The molecule has 1 aliphatic heterocycles. The summed E-state index contributed by atoms with van der Waals surface area (Å²) in [5.74, 6) is -1.25. The third-order valence-electron chi connectivity index (χ3n) is 6.07. The quantitative estimate of drug-likeness (QED) is 0.353. The van der Waals surface area contributed by atoms with Crippen LogP contribution < -0.4 is 4.74 Å². The van der Waals surface area contributed by atoms with Crippen molar-refractivity contribution in [3.63, 3.8) is 0 Å². The summed E-state index contributed by atoms with van der Waals surface area (Å²) < 4.78 is 25.4. The van der Waals surface area contributed by atoms with Gasteiger partial charge in [0.2, 0.25) is 5.88 Å². The number of benzene rings is 2. The van der Waals surface area contributed by atoms with Gasteiger partial charge in [0.25, 0.3) is 0 Å². The summed E-state index contributed by atoms with van der Waals surface area (Å²) in [5.41, 5.74) is 5.52. The van der Waals surface area contributed by atoms with Crippen LogP contribution in [-0.4, -0.2) is 23.2 Å². The van der Waals surface area contributed by atoms with Crippen LogP contribution in [-0.2, 0) is 29.0 Å². The number of rotatable bonds is 6. The lowest BCUT2D eigenvalue weighted by molar-refractivity contribution is -0.141. The zero-order valence-corrected chi connectivity index (χ0v) is 23.6. The van der Waals surface area contributed by atoms with Crippen molar-refractivity contribution in [2.45, 2.75) is 79.4 Å². The van der Waals surface area contributed by atoms with Gasteiger partial charge in [-0.2, -0.15) is 0 Å². The number of carboxylic acids is 1. The van der Waals surface area contributed by atoms with E-state index < -0.39 is 17.7 Å². The molecule has 38 heavy (non-hydrogen) atoms. The Morgan fingerprint density at radius 1 is 1.05 bits per heavy atom. The molecule has 2 aliphatic rings. The van der Waals surface area contributed by atoms with Crippen LogP contribution in [0, 0.1) is 11.7 Å². The molecule has 5 rings (SSSR count). The van der Waals surface area contributed by atoms with Crippen molar-refractivity contribution >= 4 is 5.97 Å². The van der Waals surface area contributed by atoms with Crippen LogP contribution in [0.1, 0.15) is 82.2 Å². The highest BCUT2D eigenvalue weighted by Crippen LogP contribution is 2.33. The summed E-state index contributed by atoms with van der Waals surface area (Å²) >= 11 is 0. The first-order valence-electron chi connectivity index (χ1n) is 13.7. The highest BCUT2D eigenvalue weighted by Gasteiger charge is 2.22. The summed E-state index contributed by atoms with van der Waals surface area (Å²) in [6.07, 6.45) is 6.77. The molecule has 2 aromatic carbocycles. The number of methoxy groups -OCH3 is 1. The minimum Gasteiger partial charge on any atom is -0.481 e. The first kappa shape index (κ1) is 31.0. The maximum Gasteiger partial charge on any atom is 0.306 e. The van der Waals surface area contributed by atoms with Crippen LogP contribution in [0.25, 0.3) is 11.1 Å². The second-order valence-corrected chi connectivity index (χ2v) is 8.94. The predicted molar refractivity (Wildman–Crippen MR) is 151 cm³/mol. The minimum absolute atomic E-state index is 0.106. The van der Waals surface area contributed by atoms with E-state index >= 15 is 0 Å². The van der Waals surface area contributed by atoms with Crippen LogP contribution in [0.4, 0.5) is 4.39 Å². The van der Waals surface area contributed by atoms with Crippen molar-refractivity contribution in [2.24, 2.45) is 5.92 Å². The van der Waals surface area contributed by atoms with Crippen LogP contribution in [0.15, 0.2) is 54.7 Å². The number of halogens is 1. The molecule has 5 nitrogen and oxygen atoms in total. The van der Waals surface area contributed by atoms with E-state index in [0.29, 0.717) is 30.9 Å². The summed E-state index contributed by atoms with van der Waals surface area (Å²) in [4.78, 5) is 15.0. The standard InChI is InChI=1S/C25H24FNO4.C3H6.2C2H6/c1-15(25(28)29)9-16-3-4-19-14-31-23(11-20(19)10-16)18-7-5-17(6-8-18)21-12-24(30-2)27-13-22(21)26;1-2-3-1;2*1-2/h3-8,10,12-13,15,23H,9,11,14H2,1-2H3,(H,28,29);1-3H2;2*1-2H3. The molecule has 0 radical (unpaired) electrons. The van der Waals surface area contributed by atoms with Gasteiger partial charge < -0.3 is 14.6 Å². The highest BCUT2D eigenvalue weighted by atomic mass is 19.1. The van der Waals surface area contributed by atoms with Gasteiger partial charge >= 0.3 is 5.97 Å². The van der Waals surface area contributed by atoms with Crippen LogP contribution in [0.2, 0.25) is 0 Å². The molecule has 1 fully saturated rings. The molecule has 2 atom stereocenters. The predicted octanol–water partition coefficient (Wildman–Crippen LogP) is 8.20. The van der Waals surface area contributed by atoms with Crippen molar-refractivity contribution in [1.82, 2.24) is 4.98 Å². The molecule has 3 aromatic rings. The topological polar surface area (TPSA) is 68.7 Å². The maximum atomic E-state index is 14.2. The fraction of sp³-hybridized carbons (Fsp3) is 0.438. The van der Waals surface area contributed by atoms with Gasteiger partial charge in [0.1, 0.15) is 5.82 Å². The lowest BCUT2D eigenvalue weighted by Gasteiger charge is -2.26. The third-order valence-corrected chi connectivity index (χ3v) is 6.07. The van der Waals surface area contributed by atoms with Crippen molar-refractivity contribution in [3.05, 3.63) is 82.8 Å². The second-order valence-electron chi connectivity index (χ2n) is 8.94. The van der Waals surface area contributed by atoms with Gasteiger partial charge in [0.05, 0.1) is 31.9 Å². The molecule has 0 spiro atoms. The number of carboxylic acid groups (broad SMARTS) is 1. The van der Waals surface area contributed by atoms with E-state index in [9.17, 15) is 9.18 Å². The largest absolute Gasteiger partial charge is 0.481 e. The van der Waals surface area contributed by atoms with Gasteiger partial charge in [-0.3, -0.25) is 4.79 Å². The van der Waals surface area contributed by atoms with E-state index in [2.05, 4.69) is 11.1 Å². The average Bonchev–Trinajstić information content (AvgIpc) is 3.85. The zero-order valence-electron chi connectivity index (χ0n) is 23.6. The lowest BCUT2D eigenvalue weighted by Crippen LogP contribution is -2.17. The van der Waals surface area contributed by atoms with Gasteiger partial charge in [-0.1, -0.05) is 96.3 Å². The molecule has 0 saturated heterocycles.